The lowest BCUT2D eigenvalue weighted by atomic mass is 10.0. The van der Waals surface area contributed by atoms with Crippen molar-refractivity contribution in [2.75, 3.05) is 6.79 Å². The maximum Gasteiger partial charge on any atom is 0.251 e. The zero-order valence-corrected chi connectivity index (χ0v) is 11.4. The normalized spacial score (nSPS) is 24.1. The topological polar surface area (TPSA) is 106 Å². The summed E-state index contributed by atoms with van der Waals surface area (Å²) in [6.07, 6.45) is 2.56. The highest BCUT2D eigenvalue weighted by atomic mass is 16.7. The van der Waals surface area contributed by atoms with Crippen molar-refractivity contribution in [2.45, 2.75) is 25.3 Å². The Hall–Kier alpha value is -2.44. The van der Waals surface area contributed by atoms with Gasteiger partial charge in [0.2, 0.25) is 6.79 Å². The Labute approximate surface area is 121 Å². The van der Waals surface area contributed by atoms with Gasteiger partial charge in [-0.2, -0.15) is 0 Å². The average Bonchev–Trinajstić information content (AvgIpc) is 3.14. The minimum atomic E-state index is -0.198. The zero-order valence-electron chi connectivity index (χ0n) is 11.4. The van der Waals surface area contributed by atoms with Gasteiger partial charge in [0.05, 0.1) is 0 Å². The summed E-state index contributed by atoms with van der Waals surface area (Å²) < 4.78 is 10.5. The van der Waals surface area contributed by atoms with Crippen molar-refractivity contribution in [3.05, 3.63) is 23.8 Å². The van der Waals surface area contributed by atoms with Gasteiger partial charge < -0.3 is 25.7 Å². The zero-order chi connectivity index (χ0) is 14.8. The molecular weight excluding hydrogens is 274 g/mol. The number of amides is 1. The molecule has 0 aromatic heterocycles. The van der Waals surface area contributed by atoms with Gasteiger partial charge in [0.25, 0.3) is 5.91 Å². The molecule has 21 heavy (non-hydrogen) atoms. The van der Waals surface area contributed by atoms with Crippen molar-refractivity contribution in [3.63, 3.8) is 0 Å². The van der Waals surface area contributed by atoms with Gasteiger partial charge in [-0.25, -0.2) is 0 Å². The lowest BCUT2D eigenvalue weighted by Gasteiger charge is -2.19. The average molecular weight is 291 g/mol. The first kappa shape index (κ1) is 13.5. The summed E-state index contributed by atoms with van der Waals surface area (Å²) in [7, 11) is 0. The summed E-state index contributed by atoms with van der Waals surface area (Å²) in [4.78, 5) is 12.3. The summed E-state index contributed by atoms with van der Waals surface area (Å²) in [5.41, 5.74) is 6.17. The van der Waals surface area contributed by atoms with Gasteiger partial charge in [-0.1, -0.05) is 11.6 Å². The molecule has 0 spiro atoms. The van der Waals surface area contributed by atoms with Crippen LogP contribution in [0, 0.1) is 5.92 Å². The Bertz CT molecular complexity index is 588. The number of ether oxygens (including phenoxy) is 2. The monoisotopic (exact) mass is 291 g/mol. The van der Waals surface area contributed by atoms with Crippen LogP contribution in [0.5, 0.6) is 11.5 Å². The number of rotatable bonds is 3. The third kappa shape index (κ3) is 2.58. The van der Waals surface area contributed by atoms with Crippen LogP contribution in [-0.2, 0) is 0 Å². The van der Waals surface area contributed by atoms with Crippen LogP contribution in [0.1, 0.15) is 29.6 Å². The molecular formula is C14H17N3O4. The second-order valence-electron chi connectivity index (χ2n) is 5.21. The van der Waals surface area contributed by atoms with E-state index < -0.39 is 0 Å². The molecule has 1 aromatic rings. The lowest BCUT2D eigenvalue weighted by Crippen LogP contribution is -2.42. The lowest BCUT2D eigenvalue weighted by molar-refractivity contribution is 0.0933. The fourth-order valence-electron chi connectivity index (χ4n) is 2.85. The number of carbonyl (C=O) groups is 1. The summed E-state index contributed by atoms with van der Waals surface area (Å²) >= 11 is 0. The molecule has 0 bridgehead atoms. The summed E-state index contributed by atoms with van der Waals surface area (Å²) in [5, 5.41) is 14.8. The van der Waals surface area contributed by atoms with E-state index in [0.29, 0.717) is 17.1 Å². The van der Waals surface area contributed by atoms with Crippen LogP contribution in [0.3, 0.4) is 0 Å². The molecule has 1 fully saturated rings. The van der Waals surface area contributed by atoms with E-state index in [0.717, 1.165) is 19.3 Å². The molecule has 1 aliphatic carbocycles. The van der Waals surface area contributed by atoms with E-state index in [9.17, 15) is 4.79 Å². The molecule has 1 saturated carbocycles. The Balaban J connectivity index is 1.71. The van der Waals surface area contributed by atoms with E-state index in [4.69, 9.17) is 20.4 Å². The molecule has 0 saturated heterocycles. The quantitative estimate of drug-likeness (QED) is 0.334. The summed E-state index contributed by atoms with van der Waals surface area (Å²) in [6, 6.07) is 4.95. The van der Waals surface area contributed by atoms with Crippen LogP contribution in [0.15, 0.2) is 23.4 Å². The molecule has 7 heteroatoms. The van der Waals surface area contributed by atoms with E-state index in [1.807, 2.05) is 0 Å². The molecule has 7 nitrogen and oxygen atoms in total. The number of nitrogens with one attached hydrogen (secondary N) is 1. The molecule has 4 N–H and O–H groups in total. The number of fused-ring (bicyclic) bond motifs is 1. The third-order valence-corrected chi connectivity index (χ3v) is 3.96. The Morgan fingerprint density at radius 3 is 2.95 bits per heavy atom. The first-order chi connectivity index (χ1) is 10.2. The maximum atomic E-state index is 12.3. The predicted molar refractivity (Wildman–Crippen MR) is 74.6 cm³/mol. The van der Waals surface area contributed by atoms with Gasteiger partial charge in [-0.15, -0.1) is 0 Å². The van der Waals surface area contributed by atoms with Gasteiger partial charge in [0.15, 0.2) is 11.5 Å². The molecule has 3 rings (SSSR count). The van der Waals surface area contributed by atoms with E-state index >= 15 is 0 Å². The second kappa shape index (κ2) is 5.51. The number of hydrogen-bond donors (Lipinski definition) is 3. The summed E-state index contributed by atoms with van der Waals surface area (Å²) in [5.74, 6) is 1.07. The fraction of sp³-hybridized carbons (Fsp3) is 0.429. The van der Waals surface area contributed by atoms with Crippen molar-refractivity contribution >= 4 is 11.7 Å². The van der Waals surface area contributed by atoms with Gasteiger partial charge in [0, 0.05) is 17.5 Å². The number of hydrogen-bond acceptors (Lipinski definition) is 5. The molecule has 1 amide bonds. The first-order valence-corrected chi connectivity index (χ1v) is 6.87. The molecule has 2 unspecified atom stereocenters. The number of benzene rings is 1. The van der Waals surface area contributed by atoms with Crippen LogP contribution < -0.4 is 20.5 Å². The minimum absolute atomic E-state index is 0.112. The van der Waals surface area contributed by atoms with Gasteiger partial charge >= 0.3 is 0 Å². The van der Waals surface area contributed by atoms with Crippen molar-refractivity contribution in [3.8, 4) is 11.5 Å². The number of nitrogens with zero attached hydrogens (tertiary/aromatic N) is 1. The smallest absolute Gasteiger partial charge is 0.251 e. The van der Waals surface area contributed by atoms with Crippen LogP contribution >= 0.6 is 0 Å². The van der Waals surface area contributed by atoms with Gasteiger partial charge in [-0.05, 0) is 31.0 Å². The third-order valence-electron chi connectivity index (χ3n) is 3.96. The fourth-order valence-corrected chi connectivity index (χ4v) is 2.85. The minimum Gasteiger partial charge on any atom is -0.454 e. The number of amidine groups is 1. The van der Waals surface area contributed by atoms with E-state index in [2.05, 4.69) is 10.5 Å². The highest BCUT2D eigenvalue weighted by Crippen LogP contribution is 2.33. The maximum absolute atomic E-state index is 12.3. The van der Waals surface area contributed by atoms with Crippen LogP contribution in [-0.4, -0.2) is 29.8 Å². The second-order valence-corrected chi connectivity index (χ2v) is 5.21. The van der Waals surface area contributed by atoms with Crippen LogP contribution in [0.4, 0.5) is 0 Å². The van der Waals surface area contributed by atoms with E-state index in [-0.39, 0.29) is 30.5 Å². The van der Waals surface area contributed by atoms with Crippen molar-refractivity contribution < 1.29 is 19.5 Å². The number of oxime groups is 1. The molecule has 1 aliphatic heterocycles. The predicted octanol–water partition coefficient (Wildman–Crippen LogP) is 1.06. The van der Waals surface area contributed by atoms with Crippen molar-refractivity contribution in [2.24, 2.45) is 16.8 Å². The van der Waals surface area contributed by atoms with E-state index in [1.165, 1.54) is 0 Å². The molecule has 2 aliphatic rings. The molecule has 112 valence electrons. The molecule has 0 radical (unpaired) electrons. The number of carbonyl (C=O) groups excluding carboxylic acids is 1. The highest BCUT2D eigenvalue weighted by molar-refractivity contribution is 5.95. The molecule has 1 aromatic carbocycles. The van der Waals surface area contributed by atoms with E-state index in [1.54, 1.807) is 18.2 Å². The van der Waals surface area contributed by atoms with Crippen molar-refractivity contribution in [1.29, 1.82) is 0 Å². The van der Waals surface area contributed by atoms with Crippen LogP contribution in [0.2, 0.25) is 0 Å². The largest absolute Gasteiger partial charge is 0.454 e. The number of nitrogens with two attached hydrogens (primary N) is 1. The van der Waals surface area contributed by atoms with Gasteiger partial charge in [-0.3, -0.25) is 4.79 Å². The Kier molecular flexibility index (Phi) is 3.55. The Morgan fingerprint density at radius 2 is 2.14 bits per heavy atom. The first-order valence-electron chi connectivity index (χ1n) is 6.87. The highest BCUT2D eigenvalue weighted by Gasteiger charge is 2.32. The van der Waals surface area contributed by atoms with Gasteiger partial charge in [0.1, 0.15) is 5.84 Å². The summed E-state index contributed by atoms with van der Waals surface area (Å²) in [6.45, 7) is 0.175. The molecule has 1 heterocycles. The SMILES string of the molecule is NC(=NO)C1CCCC1NC(=O)c1ccc2c(c1)OCO2. The van der Waals surface area contributed by atoms with Crippen molar-refractivity contribution in [1.82, 2.24) is 5.32 Å². The molecule has 2 atom stereocenters. The van der Waals surface area contributed by atoms with Crippen LogP contribution in [0.25, 0.3) is 0 Å². The Morgan fingerprint density at radius 1 is 1.33 bits per heavy atom. The standard InChI is InChI=1S/C14H17N3O4/c15-13(17-19)9-2-1-3-10(9)16-14(18)8-4-5-11-12(6-8)21-7-20-11/h4-6,9-10,19H,1-3,7H2,(H2,15,17)(H,16,18).